The van der Waals surface area contributed by atoms with E-state index in [4.69, 9.17) is 0 Å². The van der Waals surface area contributed by atoms with Crippen LogP contribution >= 0.6 is 0 Å². The summed E-state index contributed by atoms with van der Waals surface area (Å²) in [4.78, 5) is 0. The van der Waals surface area contributed by atoms with Crippen molar-refractivity contribution in [1.82, 2.24) is 5.32 Å². The predicted octanol–water partition coefficient (Wildman–Crippen LogP) is 4.07. The summed E-state index contributed by atoms with van der Waals surface area (Å²) in [6, 6.07) is 15.5. The van der Waals surface area contributed by atoms with Crippen LogP contribution in [-0.4, -0.2) is 13.1 Å². The molecule has 1 N–H and O–H groups in total. The molecule has 1 nitrogen and oxygen atoms in total. The molecule has 1 atom stereocenters. The Kier molecular flexibility index (Phi) is 5.31. The molecule has 2 heteroatoms. The van der Waals surface area contributed by atoms with Crippen LogP contribution in [0, 0.1) is 12.7 Å². The smallest absolute Gasteiger partial charge is 0.123 e. The standard InChI is InChI=1S/C18H22FN/c1-3-20-13-17(16-7-9-18(19)10-8-16)12-15-6-4-5-14(2)11-15/h4-11,17,20H,3,12-13H2,1-2H3. The molecule has 1 unspecified atom stereocenters. The third-order valence-electron chi connectivity index (χ3n) is 3.55. The second kappa shape index (κ2) is 7.20. The predicted molar refractivity (Wildman–Crippen MR) is 82.6 cm³/mol. The molecule has 0 aliphatic rings. The van der Waals surface area contributed by atoms with Crippen LogP contribution in [-0.2, 0) is 6.42 Å². The Bertz CT molecular complexity index is 533. The number of benzene rings is 2. The van der Waals surface area contributed by atoms with Gasteiger partial charge in [0.2, 0.25) is 0 Å². The first-order valence-corrected chi connectivity index (χ1v) is 7.20. The van der Waals surface area contributed by atoms with E-state index in [2.05, 4.69) is 43.4 Å². The number of aryl methyl sites for hydroxylation is 1. The number of hydrogen-bond donors (Lipinski definition) is 1. The molecule has 2 rings (SSSR count). The SMILES string of the molecule is CCNCC(Cc1cccc(C)c1)c1ccc(F)cc1. The Morgan fingerprint density at radius 1 is 1.10 bits per heavy atom. The van der Waals surface area contributed by atoms with Crippen molar-refractivity contribution in [2.24, 2.45) is 0 Å². The summed E-state index contributed by atoms with van der Waals surface area (Å²) >= 11 is 0. The number of hydrogen-bond acceptors (Lipinski definition) is 1. The van der Waals surface area contributed by atoms with Gasteiger partial charge in [0.1, 0.15) is 5.82 Å². The van der Waals surface area contributed by atoms with Crippen LogP contribution in [0.5, 0.6) is 0 Å². The highest BCUT2D eigenvalue weighted by atomic mass is 19.1. The maximum atomic E-state index is 13.1. The minimum Gasteiger partial charge on any atom is -0.316 e. The first-order chi connectivity index (χ1) is 9.69. The van der Waals surface area contributed by atoms with E-state index in [-0.39, 0.29) is 5.82 Å². The van der Waals surface area contributed by atoms with Crippen LogP contribution in [0.2, 0.25) is 0 Å². The maximum absolute atomic E-state index is 13.1. The van der Waals surface area contributed by atoms with Gasteiger partial charge in [0.15, 0.2) is 0 Å². The zero-order valence-electron chi connectivity index (χ0n) is 12.2. The summed E-state index contributed by atoms with van der Waals surface area (Å²) in [6.07, 6.45) is 0.973. The number of rotatable bonds is 6. The molecule has 0 amide bonds. The molecule has 2 aromatic rings. The van der Waals surface area contributed by atoms with Gasteiger partial charge in [0.25, 0.3) is 0 Å². The Hall–Kier alpha value is -1.67. The van der Waals surface area contributed by atoms with E-state index in [1.807, 2.05) is 12.1 Å². The van der Waals surface area contributed by atoms with Gasteiger partial charge >= 0.3 is 0 Å². The third kappa shape index (κ3) is 4.17. The third-order valence-corrected chi connectivity index (χ3v) is 3.55. The van der Waals surface area contributed by atoms with Gasteiger partial charge in [-0.15, -0.1) is 0 Å². The Labute approximate surface area is 120 Å². The van der Waals surface area contributed by atoms with Crippen LogP contribution in [0.25, 0.3) is 0 Å². The molecule has 0 saturated carbocycles. The van der Waals surface area contributed by atoms with Gasteiger partial charge in [0, 0.05) is 12.5 Å². The summed E-state index contributed by atoms with van der Waals surface area (Å²) in [5, 5.41) is 3.40. The van der Waals surface area contributed by atoms with E-state index in [9.17, 15) is 4.39 Å². The zero-order valence-corrected chi connectivity index (χ0v) is 12.2. The van der Waals surface area contributed by atoms with Crippen LogP contribution in [0.4, 0.5) is 4.39 Å². The Balaban J connectivity index is 2.16. The summed E-state index contributed by atoms with van der Waals surface area (Å²) in [5.41, 5.74) is 3.80. The second-order valence-electron chi connectivity index (χ2n) is 5.25. The topological polar surface area (TPSA) is 12.0 Å². The van der Waals surface area contributed by atoms with Crippen molar-refractivity contribution >= 4 is 0 Å². The molecule has 2 aromatic carbocycles. The van der Waals surface area contributed by atoms with E-state index in [1.165, 1.54) is 16.7 Å². The minimum atomic E-state index is -0.175. The van der Waals surface area contributed by atoms with Gasteiger partial charge in [-0.05, 0) is 43.1 Å². The highest BCUT2D eigenvalue weighted by Gasteiger charge is 2.12. The van der Waals surface area contributed by atoms with Gasteiger partial charge in [-0.3, -0.25) is 0 Å². The molecule has 0 spiro atoms. The maximum Gasteiger partial charge on any atom is 0.123 e. The lowest BCUT2D eigenvalue weighted by atomic mass is 9.91. The molecule has 0 saturated heterocycles. The largest absolute Gasteiger partial charge is 0.316 e. The Morgan fingerprint density at radius 3 is 2.50 bits per heavy atom. The van der Waals surface area contributed by atoms with Gasteiger partial charge in [0.05, 0.1) is 0 Å². The van der Waals surface area contributed by atoms with Crippen molar-refractivity contribution in [3.63, 3.8) is 0 Å². The first-order valence-electron chi connectivity index (χ1n) is 7.20. The monoisotopic (exact) mass is 271 g/mol. The fourth-order valence-electron chi connectivity index (χ4n) is 2.49. The van der Waals surface area contributed by atoms with Crippen LogP contribution in [0.3, 0.4) is 0 Å². The number of likely N-dealkylation sites (N-methyl/N-ethyl adjacent to an activating group) is 1. The second-order valence-corrected chi connectivity index (χ2v) is 5.25. The zero-order chi connectivity index (χ0) is 14.4. The molecule has 0 bridgehead atoms. The van der Waals surface area contributed by atoms with Gasteiger partial charge in [-0.25, -0.2) is 4.39 Å². The Morgan fingerprint density at radius 2 is 1.85 bits per heavy atom. The van der Waals surface area contributed by atoms with Crippen LogP contribution in [0.15, 0.2) is 48.5 Å². The van der Waals surface area contributed by atoms with Crippen molar-refractivity contribution in [2.75, 3.05) is 13.1 Å². The first kappa shape index (κ1) is 14.7. The summed E-state index contributed by atoms with van der Waals surface area (Å²) < 4.78 is 13.1. The van der Waals surface area contributed by atoms with Crippen LogP contribution in [0.1, 0.15) is 29.5 Å². The fourth-order valence-corrected chi connectivity index (χ4v) is 2.49. The molecule has 106 valence electrons. The molecule has 0 aromatic heterocycles. The summed E-state index contributed by atoms with van der Waals surface area (Å²) in [6.45, 7) is 6.08. The van der Waals surface area contributed by atoms with E-state index in [0.29, 0.717) is 5.92 Å². The highest BCUT2D eigenvalue weighted by molar-refractivity contribution is 5.27. The van der Waals surface area contributed by atoms with Gasteiger partial charge in [-0.1, -0.05) is 48.9 Å². The molecule has 0 radical (unpaired) electrons. The van der Waals surface area contributed by atoms with Crippen molar-refractivity contribution in [2.45, 2.75) is 26.2 Å². The lowest BCUT2D eigenvalue weighted by Gasteiger charge is -2.18. The van der Waals surface area contributed by atoms with Crippen molar-refractivity contribution < 1.29 is 4.39 Å². The molecular weight excluding hydrogens is 249 g/mol. The lowest BCUT2D eigenvalue weighted by Crippen LogP contribution is -2.22. The van der Waals surface area contributed by atoms with E-state index >= 15 is 0 Å². The minimum absolute atomic E-state index is 0.175. The van der Waals surface area contributed by atoms with E-state index < -0.39 is 0 Å². The number of nitrogens with one attached hydrogen (secondary N) is 1. The van der Waals surface area contributed by atoms with Crippen molar-refractivity contribution in [1.29, 1.82) is 0 Å². The number of halogens is 1. The molecule has 0 fully saturated rings. The summed E-state index contributed by atoms with van der Waals surface area (Å²) in [7, 11) is 0. The lowest BCUT2D eigenvalue weighted by molar-refractivity contribution is 0.590. The van der Waals surface area contributed by atoms with Crippen LogP contribution < -0.4 is 5.32 Å². The van der Waals surface area contributed by atoms with Crippen molar-refractivity contribution in [3.05, 3.63) is 71.0 Å². The fraction of sp³-hybridized carbons (Fsp3) is 0.333. The quantitative estimate of drug-likeness (QED) is 0.835. The average Bonchev–Trinajstić information content (AvgIpc) is 2.44. The average molecular weight is 271 g/mol. The molecule has 0 aliphatic heterocycles. The normalized spacial score (nSPS) is 12.3. The highest BCUT2D eigenvalue weighted by Crippen LogP contribution is 2.21. The van der Waals surface area contributed by atoms with Gasteiger partial charge < -0.3 is 5.32 Å². The van der Waals surface area contributed by atoms with Gasteiger partial charge in [-0.2, -0.15) is 0 Å². The molecule has 0 aliphatic carbocycles. The molecule has 20 heavy (non-hydrogen) atoms. The van der Waals surface area contributed by atoms with E-state index in [1.54, 1.807) is 12.1 Å². The molecule has 0 heterocycles. The van der Waals surface area contributed by atoms with Crippen molar-refractivity contribution in [3.8, 4) is 0 Å². The summed E-state index contributed by atoms with van der Waals surface area (Å²) in [5.74, 6) is 0.198. The van der Waals surface area contributed by atoms with E-state index in [0.717, 1.165) is 19.5 Å². The molecular formula is C18H22FN.